The van der Waals surface area contributed by atoms with Crippen molar-refractivity contribution in [3.63, 3.8) is 0 Å². The minimum absolute atomic E-state index is 0.0549. The second-order valence-corrected chi connectivity index (χ2v) is 9.18. The molecule has 2 aliphatic heterocycles. The summed E-state index contributed by atoms with van der Waals surface area (Å²) in [6.07, 6.45) is 2.66. The van der Waals surface area contributed by atoms with E-state index in [1.54, 1.807) is 12.3 Å². The second-order valence-electron chi connectivity index (χ2n) is 9.18. The number of ether oxygens (including phenoxy) is 2. The molecular formula is C23H24F2N4O3. The smallest absolute Gasteiger partial charge is 0.280 e. The van der Waals surface area contributed by atoms with Crippen molar-refractivity contribution >= 4 is 17.2 Å². The Kier molecular flexibility index (Phi) is 4.70. The van der Waals surface area contributed by atoms with Gasteiger partial charge in [-0.05, 0) is 45.7 Å². The fourth-order valence-electron chi connectivity index (χ4n) is 4.75. The summed E-state index contributed by atoms with van der Waals surface area (Å²) in [5.41, 5.74) is 1.39. The molecule has 1 amide bonds. The number of nitrogens with zero attached hydrogens (tertiary/aromatic N) is 3. The SMILES string of the molecule is CC(C)Oc1cc2nc(C34COC(C)(C3)C4)cn2cc1NC(=O)c1cccc(C(F)F)n1. The summed E-state index contributed by atoms with van der Waals surface area (Å²) in [5, 5.41) is 2.75. The number of rotatable bonds is 6. The van der Waals surface area contributed by atoms with Gasteiger partial charge < -0.3 is 19.2 Å². The van der Waals surface area contributed by atoms with Gasteiger partial charge in [-0.1, -0.05) is 6.07 Å². The van der Waals surface area contributed by atoms with Crippen LogP contribution in [0.15, 0.2) is 36.7 Å². The minimum Gasteiger partial charge on any atom is -0.489 e. The molecule has 6 rings (SSSR count). The molecular weight excluding hydrogens is 418 g/mol. The van der Waals surface area contributed by atoms with Gasteiger partial charge in [-0.3, -0.25) is 4.79 Å². The van der Waals surface area contributed by atoms with Gasteiger partial charge in [-0.2, -0.15) is 0 Å². The van der Waals surface area contributed by atoms with E-state index in [-0.39, 0.29) is 22.8 Å². The van der Waals surface area contributed by atoms with Crippen molar-refractivity contribution < 1.29 is 23.0 Å². The Morgan fingerprint density at radius 2 is 2.03 bits per heavy atom. The molecule has 3 aromatic rings. The lowest BCUT2D eigenvalue weighted by Gasteiger charge is -2.41. The fraction of sp³-hybridized carbons (Fsp3) is 0.435. The lowest BCUT2D eigenvalue weighted by Crippen LogP contribution is -2.45. The van der Waals surface area contributed by atoms with Gasteiger partial charge in [0.25, 0.3) is 12.3 Å². The molecule has 0 spiro atoms. The Balaban J connectivity index is 1.48. The van der Waals surface area contributed by atoms with Crippen LogP contribution in [0.4, 0.5) is 14.5 Å². The lowest BCUT2D eigenvalue weighted by molar-refractivity contribution is 0.0154. The van der Waals surface area contributed by atoms with E-state index in [0.717, 1.165) is 18.5 Å². The zero-order chi connectivity index (χ0) is 22.7. The first kappa shape index (κ1) is 20.8. The van der Waals surface area contributed by atoms with Crippen LogP contribution in [0.25, 0.3) is 5.65 Å². The van der Waals surface area contributed by atoms with E-state index in [9.17, 15) is 13.6 Å². The third kappa shape index (κ3) is 3.50. The second kappa shape index (κ2) is 7.23. The summed E-state index contributed by atoms with van der Waals surface area (Å²) >= 11 is 0. The number of hydrogen-bond acceptors (Lipinski definition) is 5. The maximum atomic E-state index is 13.0. The number of hydrogen-bond donors (Lipinski definition) is 1. The number of pyridine rings is 2. The number of amides is 1. The predicted octanol–water partition coefficient (Wildman–Crippen LogP) is 4.53. The number of alkyl halides is 2. The van der Waals surface area contributed by atoms with Crippen LogP contribution in [0.1, 0.15) is 61.9 Å². The molecule has 1 N–H and O–H groups in total. The van der Waals surface area contributed by atoms with E-state index in [1.165, 1.54) is 18.2 Å². The number of imidazole rings is 1. The Labute approximate surface area is 183 Å². The maximum absolute atomic E-state index is 13.0. The molecule has 0 radical (unpaired) electrons. The van der Waals surface area contributed by atoms with E-state index in [2.05, 4.69) is 17.2 Å². The molecule has 1 aliphatic carbocycles. The molecule has 9 heteroatoms. The van der Waals surface area contributed by atoms with Gasteiger partial charge in [0.1, 0.15) is 28.5 Å². The Morgan fingerprint density at radius 3 is 2.69 bits per heavy atom. The topological polar surface area (TPSA) is 77.8 Å². The van der Waals surface area contributed by atoms with Gasteiger partial charge in [0.05, 0.1) is 24.0 Å². The van der Waals surface area contributed by atoms with Crippen molar-refractivity contribution in [3.8, 4) is 5.75 Å². The van der Waals surface area contributed by atoms with Crippen LogP contribution in [0.5, 0.6) is 5.75 Å². The number of carbonyl (C=O) groups excluding carboxylic acids is 1. The zero-order valence-electron chi connectivity index (χ0n) is 18.1. The molecule has 32 heavy (non-hydrogen) atoms. The first-order valence-corrected chi connectivity index (χ1v) is 10.6. The Hall–Kier alpha value is -3.07. The van der Waals surface area contributed by atoms with Gasteiger partial charge in [-0.25, -0.2) is 18.7 Å². The summed E-state index contributed by atoms with van der Waals surface area (Å²) in [4.78, 5) is 21.3. The first-order valence-electron chi connectivity index (χ1n) is 10.6. The van der Waals surface area contributed by atoms with Gasteiger partial charge >= 0.3 is 0 Å². The summed E-state index contributed by atoms with van der Waals surface area (Å²) in [7, 11) is 0. The highest BCUT2D eigenvalue weighted by molar-refractivity contribution is 6.03. The highest BCUT2D eigenvalue weighted by Gasteiger charge is 2.61. The van der Waals surface area contributed by atoms with E-state index in [4.69, 9.17) is 14.5 Å². The number of anilines is 1. The van der Waals surface area contributed by atoms with E-state index in [1.807, 2.05) is 24.4 Å². The lowest BCUT2D eigenvalue weighted by atomic mass is 9.62. The van der Waals surface area contributed by atoms with Crippen LogP contribution in [-0.2, 0) is 10.2 Å². The molecule has 0 unspecified atom stereocenters. The third-order valence-electron chi connectivity index (χ3n) is 6.06. The molecule has 0 aromatic carbocycles. The Bertz CT molecular complexity index is 1200. The fourth-order valence-corrected chi connectivity index (χ4v) is 4.75. The predicted molar refractivity (Wildman–Crippen MR) is 113 cm³/mol. The number of fused-ring (bicyclic) bond motifs is 2. The van der Waals surface area contributed by atoms with Crippen LogP contribution >= 0.6 is 0 Å². The molecule has 168 valence electrons. The normalized spacial score (nSPS) is 24.2. The van der Waals surface area contributed by atoms with Crippen molar-refractivity contribution in [1.82, 2.24) is 14.4 Å². The summed E-state index contributed by atoms with van der Waals surface area (Å²) in [5.74, 6) is -0.153. The maximum Gasteiger partial charge on any atom is 0.280 e. The highest BCUT2D eigenvalue weighted by atomic mass is 19.3. The molecule has 3 aromatic heterocycles. The summed E-state index contributed by atoms with van der Waals surface area (Å²) in [6, 6.07) is 5.73. The van der Waals surface area contributed by atoms with Gasteiger partial charge in [0, 0.05) is 23.9 Å². The van der Waals surface area contributed by atoms with Crippen LogP contribution < -0.4 is 10.1 Å². The van der Waals surface area contributed by atoms with Gasteiger partial charge in [-0.15, -0.1) is 0 Å². The monoisotopic (exact) mass is 442 g/mol. The molecule has 3 fully saturated rings. The van der Waals surface area contributed by atoms with Crippen molar-refractivity contribution in [2.75, 3.05) is 11.9 Å². The van der Waals surface area contributed by atoms with Crippen molar-refractivity contribution in [1.29, 1.82) is 0 Å². The molecule has 2 bridgehead atoms. The highest BCUT2D eigenvalue weighted by Crippen LogP contribution is 2.58. The molecule has 3 aliphatic rings. The average molecular weight is 442 g/mol. The molecule has 2 saturated heterocycles. The van der Waals surface area contributed by atoms with Crippen LogP contribution in [0.2, 0.25) is 0 Å². The molecule has 7 nitrogen and oxygen atoms in total. The van der Waals surface area contributed by atoms with Crippen LogP contribution in [0, 0.1) is 0 Å². The minimum atomic E-state index is -2.75. The number of halogens is 2. The van der Waals surface area contributed by atoms with E-state index in [0.29, 0.717) is 23.7 Å². The van der Waals surface area contributed by atoms with Crippen LogP contribution in [0.3, 0.4) is 0 Å². The van der Waals surface area contributed by atoms with Crippen molar-refractivity contribution in [2.24, 2.45) is 0 Å². The number of aromatic nitrogens is 3. The quantitative estimate of drug-likeness (QED) is 0.607. The average Bonchev–Trinajstić information content (AvgIpc) is 3.38. The molecule has 1 saturated carbocycles. The van der Waals surface area contributed by atoms with Crippen LogP contribution in [-0.4, -0.2) is 38.6 Å². The zero-order valence-corrected chi connectivity index (χ0v) is 18.1. The molecule has 0 atom stereocenters. The standard InChI is InChI=1S/C23H24F2N4O3/c1-13(2)32-17-7-19-28-18(23-10-22(3,11-23)31-12-23)9-29(19)8-16(17)27-21(30)15-6-4-5-14(26-15)20(24)25/h4-9,13,20H,10-12H2,1-3H3,(H,27,30). The van der Waals surface area contributed by atoms with Crippen molar-refractivity contribution in [3.05, 3.63) is 53.7 Å². The van der Waals surface area contributed by atoms with Gasteiger partial charge in [0.15, 0.2) is 0 Å². The largest absolute Gasteiger partial charge is 0.489 e. The summed E-state index contributed by atoms with van der Waals surface area (Å²) in [6.45, 7) is 6.53. The number of nitrogens with one attached hydrogen (secondary N) is 1. The van der Waals surface area contributed by atoms with E-state index < -0.39 is 18.0 Å². The third-order valence-corrected chi connectivity index (χ3v) is 6.06. The van der Waals surface area contributed by atoms with Crippen molar-refractivity contribution in [2.45, 2.75) is 57.2 Å². The Morgan fingerprint density at radius 1 is 1.25 bits per heavy atom. The number of carbonyl (C=O) groups is 1. The molecule has 5 heterocycles. The first-order chi connectivity index (χ1) is 15.2. The van der Waals surface area contributed by atoms with E-state index >= 15 is 0 Å². The summed E-state index contributed by atoms with van der Waals surface area (Å²) < 4.78 is 39.6. The van der Waals surface area contributed by atoms with Gasteiger partial charge in [0.2, 0.25) is 0 Å².